The molecule has 2 heterocycles. The Balaban J connectivity index is 1.49. The number of hydrogen-bond acceptors (Lipinski definition) is 5. The molecular weight excluding hydrogens is 317 g/mol. The largest absolute Gasteiger partial charge is 0.368 e. The average Bonchev–Trinajstić information content (AvgIpc) is 2.99. The zero-order chi connectivity index (χ0) is 16.2. The van der Waals surface area contributed by atoms with Gasteiger partial charge in [0.2, 0.25) is 5.91 Å². The lowest BCUT2D eigenvalue weighted by Gasteiger charge is -2.36. The maximum atomic E-state index is 13.0. The maximum Gasteiger partial charge on any atom is 0.233 e. The van der Waals surface area contributed by atoms with E-state index in [0.29, 0.717) is 18.8 Å². The Bertz CT molecular complexity index is 667. The standard InChI is InChI=1S/C15H18FN5OS/c1-19-11-17-18-15(19)23-10-14(22)21-8-6-20(7-9-21)13-4-2-12(16)3-5-13/h2-5,11H,6-10H2,1H3. The molecule has 23 heavy (non-hydrogen) atoms. The van der Waals surface area contributed by atoms with E-state index in [9.17, 15) is 9.18 Å². The molecule has 1 saturated heterocycles. The minimum Gasteiger partial charge on any atom is -0.368 e. The fourth-order valence-corrected chi connectivity index (χ4v) is 3.28. The number of aryl methyl sites for hydroxylation is 1. The van der Waals surface area contributed by atoms with E-state index in [1.807, 2.05) is 11.9 Å². The smallest absolute Gasteiger partial charge is 0.233 e. The lowest BCUT2D eigenvalue weighted by atomic mass is 10.2. The van der Waals surface area contributed by atoms with Crippen LogP contribution < -0.4 is 4.90 Å². The van der Waals surface area contributed by atoms with Crippen molar-refractivity contribution in [2.45, 2.75) is 5.16 Å². The Morgan fingerprint density at radius 1 is 1.22 bits per heavy atom. The third kappa shape index (κ3) is 3.82. The van der Waals surface area contributed by atoms with Crippen LogP contribution in [0.3, 0.4) is 0 Å². The number of carbonyl (C=O) groups is 1. The Morgan fingerprint density at radius 2 is 1.91 bits per heavy atom. The quantitative estimate of drug-likeness (QED) is 0.791. The van der Waals surface area contributed by atoms with Crippen molar-refractivity contribution in [1.29, 1.82) is 0 Å². The summed E-state index contributed by atoms with van der Waals surface area (Å²) in [6.45, 7) is 2.86. The number of thioether (sulfide) groups is 1. The number of benzene rings is 1. The highest BCUT2D eigenvalue weighted by molar-refractivity contribution is 7.99. The Morgan fingerprint density at radius 3 is 2.52 bits per heavy atom. The molecule has 6 nitrogen and oxygen atoms in total. The summed E-state index contributed by atoms with van der Waals surface area (Å²) in [6.07, 6.45) is 1.62. The molecule has 1 aliphatic rings. The summed E-state index contributed by atoms with van der Waals surface area (Å²) in [7, 11) is 1.86. The molecule has 0 spiro atoms. The molecule has 0 N–H and O–H groups in total. The van der Waals surface area contributed by atoms with Gasteiger partial charge >= 0.3 is 0 Å². The van der Waals surface area contributed by atoms with Crippen LogP contribution in [0, 0.1) is 5.82 Å². The van der Waals surface area contributed by atoms with Gasteiger partial charge < -0.3 is 14.4 Å². The minimum absolute atomic E-state index is 0.108. The summed E-state index contributed by atoms with van der Waals surface area (Å²) >= 11 is 1.40. The van der Waals surface area contributed by atoms with E-state index in [-0.39, 0.29) is 11.7 Å². The predicted molar refractivity (Wildman–Crippen MR) is 86.9 cm³/mol. The van der Waals surface area contributed by atoms with Gasteiger partial charge in [-0.15, -0.1) is 10.2 Å². The number of carbonyl (C=O) groups excluding carboxylic acids is 1. The Labute approximate surface area is 138 Å². The second-order valence-corrected chi connectivity index (χ2v) is 6.30. The molecule has 0 aliphatic carbocycles. The van der Waals surface area contributed by atoms with Crippen LogP contribution in [0.4, 0.5) is 10.1 Å². The van der Waals surface area contributed by atoms with Gasteiger partial charge in [0.25, 0.3) is 0 Å². The molecule has 0 atom stereocenters. The van der Waals surface area contributed by atoms with Crippen LogP contribution in [0.15, 0.2) is 35.7 Å². The van der Waals surface area contributed by atoms with E-state index < -0.39 is 0 Å². The molecule has 3 rings (SSSR count). The molecule has 1 amide bonds. The fourth-order valence-electron chi connectivity index (χ4n) is 2.49. The maximum absolute atomic E-state index is 13.0. The van der Waals surface area contributed by atoms with E-state index in [4.69, 9.17) is 0 Å². The van der Waals surface area contributed by atoms with Gasteiger partial charge in [0.1, 0.15) is 12.1 Å². The molecule has 0 saturated carbocycles. The summed E-state index contributed by atoms with van der Waals surface area (Å²) in [5, 5.41) is 8.49. The Hall–Kier alpha value is -2.09. The predicted octanol–water partition coefficient (Wildman–Crippen LogP) is 1.40. The molecule has 1 fully saturated rings. The van der Waals surface area contributed by atoms with Gasteiger partial charge in [-0.3, -0.25) is 4.79 Å². The first-order valence-corrected chi connectivity index (χ1v) is 8.37. The normalized spacial score (nSPS) is 15.0. The van der Waals surface area contributed by atoms with Crippen molar-refractivity contribution in [1.82, 2.24) is 19.7 Å². The number of hydrogen-bond donors (Lipinski definition) is 0. The first-order valence-electron chi connectivity index (χ1n) is 7.38. The first kappa shape index (κ1) is 15.8. The topological polar surface area (TPSA) is 54.3 Å². The monoisotopic (exact) mass is 335 g/mol. The SMILES string of the molecule is Cn1cnnc1SCC(=O)N1CCN(c2ccc(F)cc2)CC1. The molecule has 1 aliphatic heterocycles. The van der Waals surface area contributed by atoms with Crippen molar-refractivity contribution in [3.63, 3.8) is 0 Å². The van der Waals surface area contributed by atoms with Crippen molar-refractivity contribution >= 4 is 23.4 Å². The van der Waals surface area contributed by atoms with E-state index in [1.54, 1.807) is 23.0 Å². The summed E-state index contributed by atoms with van der Waals surface area (Å²) in [4.78, 5) is 16.3. The molecule has 0 unspecified atom stereocenters. The molecule has 2 aromatic rings. The van der Waals surface area contributed by atoms with Gasteiger partial charge in [-0.1, -0.05) is 11.8 Å². The number of nitrogens with zero attached hydrogens (tertiary/aromatic N) is 5. The van der Waals surface area contributed by atoms with Gasteiger partial charge in [-0.25, -0.2) is 4.39 Å². The molecule has 1 aromatic heterocycles. The highest BCUT2D eigenvalue weighted by Crippen LogP contribution is 2.18. The van der Waals surface area contributed by atoms with E-state index in [0.717, 1.165) is 23.9 Å². The fraction of sp³-hybridized carbons (Fsp3) is 0.400. The van der Waals surface area contributed by atoms with Crippen LogP contribution in [-0.4, -0.2) is 57.5 Å². The number of amides is 1. The first-order chi connectivity index (χ1) is 11.1. The van der Waals surface area contributed by atoms with E-state index >= 15 is 0 Å². The van der Waals surface area contributed by atoms with Crippen molar-refractivity contribution in [3.05, 3.63) is 36.4 Å². The third-order valence-electron chi connectivity index (χ3n) is 3.82. The molecule has 0 radical (unpaired) electrons. The lowest BCUT2D eigenvalue weighted by molar-refractivity contribution is -0.128. The molecular formula is C15H18FN5OS. The second-order valence-electron chi connectivity index (χ2n) is 5.36. The molecule has 122 valence electrons. The lowest BCUT2D eigenvalue weighted by Crippen LogP contribution is -2.49. The zero-order valence-corrected chi connectivity index (χ0v) is 13.7. The number of anilines is 1. The average molecular weight is 335 g/mol. The van der Waals surface area contributed by atoms with E-state index in [1.165, 1.54) is 23.9 Å². The van der Waals surface area contributed by atoms with Crippen LogP contribution in [0.1, 0.15) is 0 Å². The Kier molecular flexibility index (Phi) is 4.80. The third-order valence-corrected chi connectivity index (χ3v) is 4.84. The van der Waals surface area contributed by atoms with Crippen LogP contribution in [0.2, 0.25) is 0 Å². The van der Waals surface area contributed by atoms with Crippen molar-refractivity contribution in [2.24, 2.45) is 7.05 Å². The van der Waals surface area contributed by atoms with Crippen molar-refractivity contribution < 1.29 is 9.18 Å². The van der Waals surface area contributed by atoms with Crippen molar-refractivity contribution in [3.8, 4) is 0 Å². The van der Waals surface area contributed by atoms with Crippen LogP contribution in [0.25, 0.3) is 0 Å². The number of aromatic nitrogens is 3. The van der Waals surface area contributed by atoms with Crippen molar-refractivity contribution in [2.75, 3.05) is 36.8 Å². The minimum atomic E-state index is -0.233. The molecule has 8 heteroatoms. The van der Waals surface area contributed by atoms with Crippen LogP contribution >= 0.6 is 11.8 Å². The summed E-state index contributed by atoms with van der Waals surface area (Å²) in [6, 6.07) is 6.47. The summed E-state index contributed by atoms with van der Waals surface area (Å²) in [5.74, 6) is 0.239. The van der Waals surface area contributed by atoms with Crippen LogP contribution in [-0.2, 0) is 11.8 Å². The van der Waals surface area contributed by atoms with E-state index in [2.05, 4.69) is 15.1 Å². The summed E-state index contributed by atoms with van der Waals surface area (Å²) < 4.78 is 14.8. The number of rotatable bonds is 4. The van der Waals surface area contributed by atoms with Gasteiger partial charge in [0, 0.05) is 38.9 Å². The van der Waals surface area contributed by atoms with Gasteiger partial charge in [0.05, 0.1) is 5.75 Å². The van der Waals surface area contributed by atoms with Crippen LogP contribution in [0.5, 0.6) is 0 Å². The number of piperazine rings is 1. The molecule has 0 bridgehead atoms. The zero-order valence-electron chi connectivity index (χ0n) is 12.9. The molecule has 1 aromatic carbocycles. The highest BCUT2D eigenvalue weighted by Gasteiger charge is 2.21. The highest BCUT2D eigenvalue weighted by atomic mass is 32.2. The van der Waals surface area contributed by atoms with Gasteiger partial charge in [-0.05, 0) is 24.3 Å². The summed E-state index contributed by atoms with van der Waals surface area (Å²) in [5.41, 5.74) is 0.993. The second kappa shape index (κ2) is 6.99. The van der Waals surface area contributed by atoms with Gasteiger partial charge in [-0.2, -0.15) is 0 Å². The number of halogens is 1. The van der Waals surface area contributed by atoms with Gasteiger partial charge in [0.15, 0.2) is 5.16 Å².